The summed E-state index contributed by atoms with van der Waals surface area (Å²) in [6.45, 7) is 10.0. The summed E-state index contributed by atoms with van der Waals surface area (Å²) in [7, 11) is 3.65. The lowest BCUT2D eigenvalue weighted by molar-refractivity contribution is -0.0570. The number of nitrogens with one attached hydrogen (secondary N) is 1. The molecule has 5 heteroatoms. The van der Waals surface area contributed by atoms with Crippen LogP contribution in [0.15, 0.2) is 6.20 Å². The third-order valence-corrected chi connectivity index (χ3v) is 3.85. The van der Waals surface area contributed by atoms with E-state index in [9.17, 15) is 0 Å². The molecule has 0 amide bonds. The Kier molecular flexibility index (Phi) is 6.49. The van der Waals surface area contributed by atoms with Crippen LogP contribution in [0.2, 0.25) is 0 Å². The highest BCUT2D eigenvalue weighted by Crippen LogP contribution is 2.36. The molecule has 1 rings (SSSR count). The Labute approximate surface area is 122 Å². The number of ether oxygens (including phenoxy) is 2. The van der Waals surface area contributed by atoms with E-state index in [2.05, 4.69) is 31.2 Å². The zero-order valence-corrected chi connectivity index (χ0v) is 13.7. The predicted octanol–water partition coefficient (Wildman–Crippen LogP) is 2.77. The van der Waals surface area contributed by atoms with Gasteiger partial charge in [0.25, 0.3) is 0 Å². The highest BCUT2D eigenvalue weighted by molar-refractivity contribution is 5.30. The molecule has 0 radical (unpaired) electrons. The molecule has 0 aromatic carbocycles. The molecule has 0 saturated heterocycles. The van der Waals surface area contributed by atoms with Gasteiger partial charge in [-0.05, 0) is 33.7 Å². The van der Waals surface area contributed by atoms with Gasteiger partial charge >= 0.3 is 0 Å². The topological polar surface area (TPSA) is 48.3 Å². The predicted molar refractivity (Wildman–Crippen MR) is 81.2 cm³/mol. The van der Waals surface area contributed by atoms with E-state index in [0.717, 1.165) is 30.8 Å². The molecule has 0 bridgehead atoms. The number of nitrogens with zero attached hydrogens (tertiary/aromatic N) is 2. The van der Waals surface area contributed by atoms with Crippen molar-refractivity contribution in [1.82, 2.24) is 15.1 Å². The summed E-state index contributed by atoms with van der Waals surface area (Å²) in [5, 5.41) is 7.84. The summed E-state index contributed by atoms with van der Waals surface area (Å²) in [5.74, 6) is 0.817. The Morgan fingerprint density at radius 3 is 2.55 bits per heavy atom. The van der Waals surface area contributed by atoms with E-state index in [1.54, 1.807) is 13.3 Å². The Morgan fingerprint density at radius 2 is 2.10 bits per heavy atom. The van der Waals surface area contributed by atoms with Crippen LogP contribution in [0, 0.1) is 0 Å². The molecule has 1 aromatic heterocycles. The molecule has 0 fully saturated rings. The second-order valence-corrected chi connectivity index (χ2v) is 5.14. The van der Waals surface area contributed by atoms with E-state index in [1.165, 1.54) is 0 Å². The van der Waals surface area contributed by atoms with Gasteiger partial charge in [0, 0.05) is 13.2 Å². The first-order valence-corrected chi connectivity index (χ1v) is 7.48. The molecular formula is C15H29N3O2. The maximum Gasteiger partial charge on any atom is 0.161 e. The van der Waals surface area contributed by atoms with Crippen LogP contribution in [0.5, 0.6) is 5.75 Å². The van der Waals surface area contributed by atoms with Crippen molar-refractivity contribution in [3.8, 4) is 5.75 Å². The fourth-order valence-electron chi connectivity index (χ4n) is 2.67. The minimum Gasteiger partial charge on any atom is -0.493 e. The van der Waals surface area contributed by atoms with Gasteiger partial charge in [0.05, 0.1) is 24.9 Å². The standard InChI is InChI=1S/C15H29N3O2/c1-7-10-18-13(12(19-6)11-17-18)14(16-5)15(4,8-2)20-9-3/h11,14,16H,7-10H2,1-6H3. The van der Waals surface area contributed by atoms with Gasteiger partial charge in [-0.25, -0.2) is 0 Å². The molecule has 1 aromatic rings. The maximum absolute atomic E-state index is 6.03. The van der Waals surface area contributed by atoms with E-state index >= 15 is 0 Å². The first-order chi connectivity index (χ1) is 9.57. The lowest BCUT2D eigenvalue weighted by Crippen LogP contribution is -2.43. The minimum absolute atomic E-state index is 0.0384. The molecule has 0 aliphatic carbocycles. The van der Waals surface area contributed by atoms with Gasteiger partial charge in [-0.3, -0.25) is 4.68 Å². The number of hydrogen-bond donors (Lipinski definition) is 1. The van der Waals surface area contributed by atoms with E-state index in [4.69, 9.17) is 9.47 Å². The summed E-state index contributed by atoms with van der Waals surface area (Å²) in [4.78, 5) is 0. The molecule has 0 aliphatic rings. The minimum atomic E-state index is -0.289. The van der Waals surface area contributed by atoms with Crippen LogP contribution in [0.3, 0.4) is 0 Å². The average molecular weight is 283 g/mol. The lowest BCUT2D eigenvalue weighted by Gasteiger charge is -2.37. The fraction of sp³-hybridized carbons (Fsp3) is 0.800. The SMILES string of the molecule is CCCn1ncc(OC)c1C(NC)C(C)(CC)OCC. The van der Waals surface area contributed by atoms with E-state index in [0.29, 0.717) is 6.61 Å². The average Bonchev–Trinajstić information content (AvgIpc) is 2.83. The van der Waals surface area contributed by atoms with E-state index < -0.39 is 0 Å². The largest absolute Gasteiger partial charge is 0.493 e. The summed E-state index contributed by atoms with van der Waals surface area (Å²) in [6, 6.07) is 0.0384. The fourth-order valence-corrected chi connectivity index (χ4v) is 2.67. The summed E-state index contributed by atoms with van der Waals surface area (Å²) < 4.78 is 13.5. The van der Waals surface area contributed by atoms with Gasteiger partial charge in [-0.2, -0.15) is 5.10 Å². The van der Waals surface area contributed by atoms with Gasteiger partial charge in [-0.1, -0.05) is 13.8 Å². The van der Waals surface area contributed by atoms with Gasteiger partial charge in [0.15, 0.2) is 5.75 Å². The van der Waals surface area contributed by atoms with Crippen molar-refractivity contribution in [1.29, 1.82) is 0 Å². The van der Waals surface area contributed by atoms with Crippen LogP contribution in [0.1, 0.15) is 52.3 Å². The van der Waals surface area contributed by atoms with Crippen LogP contribution in [-0.4, -0.2) is 36.1 Å². The maximum atomic E-state index is 6.03. The first-order valence-electron chi connectivity index (χ1n) is 7.48. The summed E-state index contributed by atoms with van der Waals surface area (Å²) in [6.07, 6.45) is 3.73. The number of rotatable bonds is 9. The molecule has 0 spiro atoms. The smallest absolute Gasteiger partial charge is 0.161 e. The zero-order chi connectivity index (χ0) is 15.2. The number of methoxy groups -OCH3 is 1. The number of aromatic nitrogens is 2. The van der Waals surface area contributed by atoms with E-state index in [1.807, 2.05) is 18.7 Å². The lowest BCUT2D eigenvalue weighted by atomic mass is 9.90. The zero-order valence-electron chi connectivity index (χ0n) is 13.7. The molecule has 2 atom stereocenters. The van der Waals surface area contributed by atoms with Crippen LogP contribution in [0.25, 0.3) is 0 Å². The van der Waals surface area contributed by atoms with Crippen molar-refractivity contribution < 1.29 is 9.47 Å². The highest BCUT2D eigenvalue weighted by Gasteiger charge is 2.37. The van der Waals surface area contributed by atoms with Crippen molar-refractivity contribution in [2.75, 3.05) is 20.8 Å². The second kappa shape index (κ2) is 7.64. The molecular weight excluding hydrogens is 254 g/mol. The van der Waals surface area contributed by atoms with Crippen LogP contribution in [-0.2, 0) is 11.3 Å². The van der Waals surface area contributed by atoms with Crippen molar-refractivity contribution in [2.45, 2.75) is 58.7 Å². The number of likely N-dealkylation sites (N-methyl/N-ethyl adjacent to an activating group) is 1. The number of aryl methyl sites for hydroxylation is 1. The summed E-state index contributed by atoms with van der Waals surface area (Å²) >= 11 is 0. The van der Waals surface area contributed by atoms with Gasteiger partial charge in [-0.15, -0.1) is 0 Å². The van der Waals surface area contributed by atoms with Crippen molar-refractivity contribution in [2.24, 2.45) is 0 Å². The van der Waals surface area contributed by atoms with Crippen LogP contribution >= 0.6 is 0 Å². The Hall–Kier alpha value is -1.07. The molecule has 1 heterocycles. The Bertz CT molecular complexity index is 406. The summed E-state index contributed by atoms with van der Waals surface area (Å²) in [5.41, 5.74) is 0.775. The van der Waals surface area contributed by atoms with Crippen LogP contribution < -0.4 is 10.1 Å². The molecule has 20 heavy (non-hydrogen) atoms. The molecule has 5 nitrogen and oxygen atoms in total. The quantitative estimate of drug-likeness (QED) is 0.757. The third kappa shape index (κ3) is 3.33. The van der Waals surface area contributed by atoms with Crippen molar-refractivity contribution >= 4 is 0 Å². The molecule has 0 aliphatic heterocycles. The third-order valence-electron chi connectivity index (χ3n) is 3.85. The molecule has 0 saturated carbocycles. The van der Waals surface area contributed by atoms with Crippen molar-refractivity contribution in [3.63, 3.8) is 0 Å². The Balaban J connectivity index is 3.25. The second-order valence-electron chi connectivity index (χ2n) is 5.14. The van der Waals surface area contributed by atoms with Gasteiger partial charge in [0.2, 0.25) is 0 Å². The molecule has 116 valence electrons. The van der Waals surface area contributed by atoms with E-state index in [-0.39, 0.29) is 11.6 Å². The van der Waals surface area contributed by atoms with Crippen molar-refractivity contribution in [3.05, 3.63) is 11.9 Å². The first kappa shape index (κ1) is 17.0. The normalized spacial score (nSPS) is 15.9. The Morgan fingerprint density at radius 1 is 1.40 bits per heavy atom. The number of hydrogen-bond acceptors (Lipinski definition) is 4. The molecule has 1 N–H and O–H groups in total. The van der Waals surface area contributed by atoms with Gasteiger partial charge < -0.3 is 14.8 Å². The van der Waals surface area contributed by atoms with Crippen LogP contribution in [0.4, 0.5) is 0 Å². The monoisotopic (exact) mass is 283 g/mol. The highest BCUT2D eigenvalue weighted by atomic mass is 16.5. The molecule has 2 unspecified atom stereocenters. The van der Waals surface area contributed by atoms with Gasteiger partial charge in [0.1, 0.15) is 5.69 Å².